The minimum Gasteiger partial charge on any atom is -0.456 e. The van der Waals surface area contributed by atoms with Gasteiger partial charge in [0.2, 0.25) is 0 Å². The fourth-order valence-electron chi connectivity index (χ4n) is 5.37. The van der Waals surface area contributed by atoms with Crippen LogP contribution in [0.5, 0.6) is 0 Å². The fraction of sp³-hybridized carbons (Fsp3) is 0.484. The maximum Gasteiger partial charge on any atom is 0.303 e. The predicted octanol–water partition coefficient (Wildman–Crippen LogP) is 6.03. The summed E-state index contributed by atoms with van der Waals surface area (Å²) in [5.74, 6) is -3.76. The molecule has 6 nitrogen and oxygen atoms in total. The summed E-state index contributed by atoms with van der Waals surface area (Å²) in [6.07, 6.45) is 0.771. The molecule has 1 N–H and O–H groups in total. The lowest BCUT2D eigenvalue weighted by Crippen LogP contribution is -2.55. The molecule has 2 aromatic carbocycles. The number of esters is 2. The van der Waals surface area contributed by atoms with Crippen molar-refractivity contribution in [1.29, 1.82) is 0 Å². The molecule has 40 heavy (non-hydrogen) atoms. The normalized spacial score (nSPS) is 26.1. The number of alkyl halides is 2. The van der Waals surface area contributed by atoms with Crippen molar-refractivity contribution in [2.45, 2.75) is 88.6 Å². The first kappa shape index (κ1) is 30.2. The number of ether oxygens (including phenoxy) is 3. The number of halogens is 2. The highest BCUT2D eigenvalue weighted by Gasteiger charge is 2.49. The Kier molecular flexibility index (Phi) is 9.69. The first-order chi connectivity index (χ1) is 19.0. The lowest BCUT2D eigenvalue weighted by molar-refractivity contribution is -0.224. The maximum atomic E-state index is 13.5. The molecule has 5 atom stereocenters. The Morgan fingerprint density at radius 1 is 1.05 bits per heavy atom. The highest BCUT2D eigenvalue weighted by molar-refractivity contribution is 7.99. The van der Waals surface area contributed by atoms with Crippen molar-refractivity contribution in [3.63, 3.8) is 0 Å². The molecule has 1 saturated heterocycles. The topological polar surface area (TPSA) is 82.1 Å². The van der Waals surface area contributed by atoms with Crippen LogP contribution in [0.4, 0.5) is 8.78 Å². The van der Waals surface area contributed by atoms with Crippen LogP contribution in [-0.2, 0) is 36.6 Å². The molecule has 0 amide bonds. The van der Waals surface area contributed by atoms with Crippen LogP contribution in [-0.4, -0.2) is 53.0 Å². The van der Waals surface area contributed by atoms with Crippen molar-refractivity contribution in [3.8, 4) is 0 Å². The van der Waals surface area contributed by atoms with Gasteiger partial charge in [-0.3, -0.25) is 9.59 Å². The number of hydrogen-bond donors (Lipinski definition) is 1. The largest absolute Gasteiger partial charge is 0.456 e. The van der Waals surface area contributed by atoms with Crippen molar-refractivity contribution in [2.24, 2.45) is 0 Å². The van der Waals surface area contributed by atoms with E-state index in [2.05, 4.69) is 6.92 Å². The van der Waals surface area contributed by atoms with E-state index in [4.69, 9.17) is 14.2 Å². The molecule has 2 aromatic rings. The summed E-state index contributed by atoms with van der Waals surface area (Å²) >= 11 is 1.30. The molecule has 9 heteroatoms. The third-order valence-corrected chi connectivity index (χ3v) is 8.27. The summed E-state index contributed by atoms with van der Waals surface area (Å²) in [6, 6.07) is 13.9. The summed E-state index contributed by atoms with van der Waals surface area (Å²) in [5.41, 5.74) is 5.26. The molecule has 1 heterocycles. The van der Waals surface area contributed by atoms with Crippen LogP contribution in [0.2, 0.25) is 0 Å². The molecule has 1 aliphatic carbocycles. The smallest absolute Gasteiger partial charge is 0.303 e. The van der Waals surface area contributed by atoms with Gasteiger partial charge in [-0.1, -0.05) is 55.5 Å². The van der Waals surface area contributed by atoms with Gasteiger partial charge in [0.25, 0.3) is 5.92 Å². The summed E-state index contributed by atoms with van der Waals surface area (Å²) in [7, 11) is 0. The molecule has 0 saturated carbocycles. The second kappa shape index (κ2) is 12.8. The number of benzene rings is 2. The lowest BCUT2D eigenvalue weighted by atomic mass is 9.89. The molecular formula is C31H36F2O6S. The van der Waals surface area contributed by atoms with Crippen LogP contribution < -0.4 is 0 Å². The van der Waals surface area contributed by atoms with Gasteiger partial charge in [0.05, 0.1) is 0 Å². The van der Waals surface area contributed by atoms with Gasteiger partial charge in [-0.25, -0.2) is 8.78 Å². The average molecular weight is 575 g/mol. The zero-order valence-electron chi connectivity index (χ0n) is 23.2. The van der Waals surface area contributed by atoms with Gasteiger partial charge in [-0.15, -0.1) is 11.8 Å². The van der Waals surface area contributed by atoms with Gasteiger partial charge >= 0.3 is 11.9 Å². The van der Waals surface area contributed by atoms with E-state index in [1.165, 1.54) is 25.6 Å². The van der Waals surface area contributed by atoms with Crippen molar-refractivity contribution in [2.75, 3.05) is 6.26 Å². The van der Waals surface area contributed by atoms with E-state index in [0.717, 1.165) is 39.8 Å². The van der Waals surface area contributed by atoms with Crippen molar-refractivity contribution >= 4 is 29.3 Å². The highest BCUT2D eigenvalue weighted by atomic mass is 32.2. The molecule has 0 aromatic heterocycles. The van der Waals surface area contributed by atoms with E-state index < -0.39 is 47.7 Å². The number of thioether (sulfide) groups is 1. The van der Waals surface area contributed by atoms with Gasteiger partial charge in [0.15, 0.2) is 12.2 Å². The minimum absolute atomic E-state index is 0.126. The van der Waals surface area contributed by atoms with Gasteiger partial charge in [0, 0.05) is 26.7 Å². The van der Waals surface area contributed by atoms with Crippen molar-refractivity contribution in [1.82, 2.24) is 0 Å². The average Bonchev–Trinajstić information content (AvgIpc) is 2.91. The van der Waals surface area contributed by atoms with E-state index in [1.807, 2.05) is 42.5 Å². The third kappa shape index (κ3) is 7.11. The van der Waals surface area contributed by atoms with Crippen LogP contribution in [0.3, 0.4) is 0 Å². The number of aryl methyl sites for hydroxylation is 1. The monoisotopic (exact) mass is 574 g/mol. The molecule has 0 unspecified atom stereocenters. The number of rotatable bonds is 8. The van der Waals surface area contributed by atoms with Gasteiger partial charge in [-0.05, 0) is 58.9 Å². The van der Waals surface area contributed by atoms with E-state index in [9.17, 15) is 23.5 Å². The predicted molar refractivity (Wildman–Crippen MR) is 150 cm³/mol. The summed E-state index contributed by atoms with van der Waals surface area (Å²) < 4.78 is 44.2. The number of aliphatic hydroxyl groups is 1. The van der Waals surface area contributed by atoms with E-state index in [1.54, 1.807) is 12.3 Å². The van der Waals surface area contributed by atoms with E-state index >= 15 is 0 Å². The maximum absolute atomic E-state index is 13.5. The second-order valence-corrected chi connectivity index (χ2v) is 11.3. The Morgan fingerprint density at radius 3 is 2.30 bits per heavy atom. The Labute approximate surface area is 238 Å². The Morgan fingerprint density at radius 2 is 1.73 bits per heavy atom. The summed E-state index contributed by atoms with van der Waals surface area (Å²) in [5, 5.41) is 11.1. The molecular weight excluding hydrogens is 538 g/mol. The molecule has 216 valence electrons. The van der Waals surface area contributed by atoms with E-state index in [0.29, 0.717) is 12.8 Å². The quantitative estimate of drug-likeness (QED) is 0.386. The molecule has 0 radical (unpaired) electrons. The number of carbonyl (C=O) groups is 2. The van der Waals surface area contributed by atoms with Crippen LogP contribution in [0, 0.1) is 0 Å². The molecule has 1 aliphatic heterocycles. The molecule has 4 rings (SSSR count). The van der Waals surface area contributed by atoms with Gasteiger partial charge < -0.3 is 19.3 Å². The Hall–Kier alpha value is -2.75. The number of carbonyl (C=O) groups excluding carboxylic acids is 2. The van der Waals surface area contributed by atoms with Crippen LogP contribution in [0.25, 0.3) is 5.57 Å². The summed E-state index contributed by atoms with van der Waals surface area (Å²) in [4.78, 5) is 23.6. The standard InChI is InChI=1S/C31H36F2O6S/c1-5-21-10-11-24(27-28(37-18(2)34)26(36)29(38-19(3)35)30(39-27)40-4)17-25(21)16-20-6-8-22(9-7-20)23-12-14-31(32,33)15-13-23/h6-12,17,26-30,36H,5,13-16H2,1-4H3/t26-,27+,28-,29+,30-/m1/s1. The Balaban J connectivity index is 1.60. The highest BCUT2D eigenvalue weighted by Crippen LogP contribution is 2.40. The molecule has 2 aliphatic rings. The molecule has 0 bridgehead atoms. The zero-order chi connectivity index (χ0) is 29.0. The fourth-order valence-corrected chi connectivity index (χ4v) is 6.09. The second-order valence-electron chi connectivity index (χ2n) is 10.3. The van der Waals surface area contributed by atoms with Crippen molar-refractivity contribution in [3.05, 3.63) is 76.4 Å². The number of aliphatic hydroxyl groups excluding tert-OH is 1. The minimum atomic E-state index is -2.62. The molecule has 1 fully saturated rings. The van der Waals surface area contributed by atoms with E-state index in [-0.39, 0.29) is 12.8 Å². The number of hydrogen-bond acceptors (Lipinski definition) is 7. The zero-order valence-corrected chi connectivity index (χ0v) is 24.0. The van der Waals surface area contributed by atoms with Gasteiger partial charge in [-0.2, -0.15) is 0 Å². The van der Waals surface area contributed by atoms with Crippen LogP contribution >= 0.6 is 11.8 Å². The van der Waals surface area contributed by atoms with Gasteiger partial charge in [0.1, 0.15) is 17.6 Å². The molecule has 0 spiro atoms. The van der Waals surface area contributed by atoms with Crippen LogP contribution in [0.15, 0.2) is 48.5 Å². The third-order valence-electron chi connectivity index (χ3n) is 7.42. The van der Waals surface area contributed by atoms with Crippen LogP contribution in [0.1, 0.15) is 74.0 Å². The Bertz CT molecular complexity index is 1240. The lowest BCUT2D eigenvalue weighted by Gasteiger charge is -2.43. The summed E-state index contributed by atoms with van der Waals surface area (Å²) in [6.45, 7) is 4.59. The first-order valence-corrected chi connectivity index (χ1v) is 14.8. The van der Waals surface area contributed by atoms with Crippen molar-refractivity contribution < 1.29 is 37.7 Å². The first-order valence-electron chi connectivity index (χ1n) is 13.5. The number of allylic oxidation sites excluding steroid dienone is 2. The SMILES string of the molecule is CCc1ccc([C@@H]2O[C@H](SC)[C@@H](OC(C)=O)[C@H](O)[C@H]2OC(C)=O)cc1Cc1ccc(C2=CCC(F)(F)CC2)cc1.